The highest BCUT2D eigenvalue weighted by Crippen LogP contribution is 2.17. The monoisotopic (exact) mass is 345 g/mol. The van der Waals surface area contributed by atoms with Gasteiger partial charge in [-0.15, -0.1) is 5.10 Å². The van der Waals surface area contributed by atoms with Crippen molar-refractivity contribution in [1.29, 1.82) is 0 Å². The van der Waals surface area contributed by atoms with Gasteiger partial charge in [0.05, 0.1) is 5.75 Å². The van der Waals surface area contributed by atoms with Crippen LogP contribution in [-0.4, -0.2) is 17.6 Å². The molecule has 0 amide bonds. The molecule has 0 fully saturated rings. The number of halogens is 1. The lowest BCUT2D eigenvalue weighted by atomic mass is 10.2. The standard InChI is InChI=1S/C17H16FN3O2S/c1-13-3-2-4-14(11-13)12-24(22,23)21-10-9-17(20-21)19-16-7-5-15(18)6-8-16/h2-11H,12H2,1H3,(H,19,20). The van der Waals surface area contributed by atoms with Crippen LogP contribution in [0.3, 0.4) is 0 Å². The Morgan fingerprint density at radius 3 is 2.58 bits per heavy atom. The van der Waals surface area contributed by atoms with Gasteiger partial charge in [0.15, 0.2) is 5.82 Å². The van der Waals surface area contributed by atoms with E-state index in [1.807, 2.05) is 25.1 Å². The summed E-state index contributed by atoms with van der Waals surface area (Å²) in [5.74, 6) is -0.104. The number of hydrogen-bond acceptors (Lipinski definition) is 4. The molecule has 0 aliphatic rings. The Labute approximate surface area is 139 Å². The molecule has 5 nitrogen and oxygen atoms in total. The van der Waals surface area contributed by atoms with E-state index in [9.17, 15) is 12.8 Å². The van der Waals surface area contributed by atoms with Crippen molar-refractivity contribution < 1.29 is 12.8 Å². The molecule has 1 heterocycles. The number of hydrogen-bond donors (Lipinski definition) is 1. The highest BCUT2D eigenvalue weighted by atomic mass is 32.2. The van der Waals surface area contributed by atoms with Crippen molar-refractivity contribution in [2.75, 3.05) is 5.32 Å². The van der Waals surface area contributed by atoms with Gasteiger partial charge in [0.2, 0.25) is 0 Å². The molecule has 0 unspecified atom stereocenters. The summed E-state index contributed by atoms with van der Waals surface area (Å²) in [6, 6.07) is 14.6. The number of rotatable bonds is 5. The van der Waals surface area contributed by atoms with Gasteiger partial charge in [-0.1, -0.05) is 29.8 Å². The third-order valence-corrected chi connectivity index (χ3v) is 4.87. The zero-order chi connectivity index (χ0) is 17.2. The largest absolute Gasteiger partial charge is 0.339 e. The van der Waals surface area contributed by atoms with E-state index < -0.39 is 10.0 Å². The summed E-state index contributed by atoms with van der Waals surface area (Å²) in [7, 11) is -3.60. The second-order valence-corrected chi connectivity index (χ2v) is 7.28. The summed E-state index contributed by atoms with van der Waals surface area (Å²) < 4.78 is 38.7. The molecule has 7 heteroatoms. The summed E-state index contributed by atoms with van der Waals surface area (Å²) >= 11 is 0. The van der Waals surface area contributed by atoms with E-state index in [0.717, 1.165) is 9.65 Å². The van der Waals surface area contributed by atoms with E-state index in [2.05, 4.69) is 10.4 Å². The van der Waals surface area contributed by atoms with Gasteiger partial charge in [0, 0.05) is 18.0 Å². The first-order valence-electron chi connectivity index (χ1n) is 7.29. The minimum Gasteiger partial charge on any atom is -0.339 e. The van der Waals surface area contributed by atoms with Crippen LogP contribution in [0.1, 0.15) is 11.1 Å². The van der Waals surface area contributed by atoms with Crippen LogP contribution in [-0.2, 0) is 15.8 Å². The minimum absolute atomic E-state index is 0.133. The summed E-state index contributed by atoms with van der Waals surface area (Å²) in [5, 5.41) is 6.98. The molecule has 0 saturated carbocycles. The maximum atomic E-state index is 12.9. The Kier molecular flexibility index (Phi) is 4.35. The molecule has 3 aromatic rings. The van der Waals surface area contributed by atoms with Crippen LogP contribution in [0.15, 0.2) is 60.8 Å². The van der Waals surface area contributed by atoms with E-state index in [4.69, 9.17) is 0 Å². The fourth-order valence-electron chi connectivity index (χ4n) is 2.29. The molecule has 0 saturated heterocycles. The highest BCUT2D eigenvalue weighted by Gasteiger charge is 2.16. The third kappa shape index (κ3) is 3.80. The van der Waals surface area contributed by atoms with Crippen molar-refractivity contribution in [1.82, 2.24) is 9.19 Å². The average molecular weight is 345 g/mol. The van der Waals surface area contributed by atoms with Gasteiger partial charge in [0.25, 0.3) is 10.0 Å². The maximum Gasteiger partial charge on any atom is 0.258 e. The van der Waals surface area contributed by atoms with Crippen LogP contribution in [0.2, 0.25) is 0 Å². The van der Waals surface area contributed by atoms with Gasteiger partial charge in [-0.3, -0.25) is 0 Å². The summed E-state index contributed by atoms with van der Waals surface area (Å²) in [6.07, 6.45) is 1.39. The number of aromatic nitrogens is 2. The van der Waals surface area contributed by atoms with E-state index in [1.165, 1.54) is 18.3 Å². The third-order valence-electron chi connectivity index (χ3n) is 3.40. The molecule has 2 aromatic carbocycles. The van der Waals surface area contributed by atoms with Crippen LogP contribution in [0.5, 0.6) is 0 Å². The van der Waals surface area contributed by atoms with Crippen LogP contribution in [0, 0.1) is 12.7 Å². The first-order valence-corrected chi connectivity index (χ1v) is 8.90. The molecule has 0 spiro atoms. The normalized spacial score (nSPS) is 11.4. The zero-order valence-electron chi connectivity index (χ0n) is 13.0. The molecule has 0 radical (unpaired) electrons. The van der Waals surface area contributed by atoms with Gasteiger partial charge >= 0.3 is 0 Å². The fourth-order valence-corrected chi connectivity index (χ4v) is 3.48. The molecule has 124 valence electrons. The van der Waals surface area contributed by atoms with Crippen molar-refractivity contribution in [2.24, 2.45) is 0 Å². The zero-order valence-corrected chi connectivity index (χ0v) is 13.8. The van der Waals surface area contributed by atoms with Crippen molar-refractivity contribution in [2.45, 2.75) is 12.7 Å². The maximum absolute atomic E-state index is 12.9. The molecule has 0 bridgehead atoms. The van der Waals surface area contributed by atoms with Crippen LogP contribution in [0.4, 0.5) is 15.9 Å². The molecule has 1 N–H and O–H groups in total. The topological polar surface area (TPSA) is 64.0 Å². The average Bonchev–Trinajstić information content (AvgIpc) is 2.99. The Hall–Kier alpha value is -2.67. The van der Waals surface area contributed by atoms with Crippen LogP contribution < -0.4 is 5.32 Å². The van der Waals surface area contributed by atoms with Gasteiger partial charge in [-0.25, -0.2) is 12.8 Å². The Bertz CT molecular complexity index is 950. The molecule has 0 aliphatic carbocycles. The Balaban J connectivity index is 1.77. The van der Waals surface area contributed by atoms with Crippen molar-refractivity contribution >= 4 is 21.5 Å². The van der Waals surface area contributed by atoms with Crippen molar-refractivity contribution in [3.8, 4) is 0 Å². The molecule has 24 heavy (non-hydrogen) atoms. The molecule has 0 atom stereocenters. The van der Waals surface area contributed by atoms with Gasteiger partial charge in [0.1, 0.15) is 5.82 Å². The first kappa shape index (κ1) is 16.2. The molecular weight excluding hydrogens is 329 g/mol. The lowest BCUT2D eigenvalue weighted by Crippen LogP contribution is -2.16. The Morgan fingerprint density at radius 1 is 1.12 bits per heavy atom. The molecule has 1 aromatic heterocycles. The summed E-state index contributed by atoms with van der Waals surface area (Å²) in [5.41, 5.74) is 2.33. The fraction of sp³-hybridized carbons (Fsp3) is 0.118. The number of nitrogens with one attached hydrogen (secondary N) is 1. The number of anilines is 2. The minimum atomic E-state index is -3.60. The van der Waals surface area contributed by atoms with Crippen molar-refractivity contribution in [3.05, 3.63) is 77.7 Å². The lowest BCUT2D eigenvalue weighted by Gasteiger charge is -2.06. The quantitative estimate of drug-likeness (QED) is 0.769. The smallest absolute Gasteiger partial charge is 0.258 e. The number of aryl methyl sites for hydroxylation is 1. The van der Waals surface area contributed by atoms with E-state index in [1.54, 1.807) is 24.3 Å². The first-order chi connectivity index (χ1) is 11.4. The summed E-state index contributed by atoms with van der Waals surface area (Å²) in [6.45, 7) is 1.91. The second-order valence-electron chi connectivity index (χ2n) is 5.45. The van der Waals surface area contributed by atoms with Crippen LogP contribution in [0.25, 0.3) is 0 Å². The predicted octanol–water partition coefficient (Wildman–Crippen LogP) is 3.45. The molecule has 0 aliphatic heterocycles. The van der Waals surface area contributed by atoms with Gasteiger partial charge < -0.3 is 5.32 Å². The van der Waals surface area contributed by atoms with Gasteiger partial charge in [-0.2, -0.15) is 4.09 Å². The SMILES string of the molecule is Cc1cccc(CS(=O)(=O)n2ccc(Nc3ccc(F)cc3)n2)c1. The number of benzene rings is 2. The van der Waals surface area contributed by atoms with E-state index in [-0.39, 0.29) is 11.6 Å². The molecular formula is C17H16FN3O2S. The predicted molar refractivity (Wildman–Crippen MR) is 91.1 cm³/mol. The van der Waals surface area contributed by atoms with E-state index >= 15 is 0 Å². The van der Waals surface area contributed by atoms with Crippen LogP contribution >= 0.6 is 0 Å². The van der Waals surface area contributed by atoms with E-state index in [0.29, 0.717) is 17.1 Å². The van der Waals surface area contributed by atoms with Gasteiger partial charge in [-0.05, 0) is 36.8 Å². The van der Waals surface area contributed by atoms with Crippen molar-refractivity contribution in [3.63, 3.8) is 0 Å². The second kappa shape index (κ2) is 6.45. The summed E-state index contributed by atoms with van der Waals surface area (Å²) in [4.78, 5) is 0. The highest BCUT2D eigenvalue weighted by molar-refractivity contribution is 7.89. The molecule has 3 rings (SSSR count). The Morgan fingerprint density at radius 2 is 1.88 bits per heavy atom. The number of nitrogens with zero attached hydrogens (tertiary/aromatic N) is 2. The lowest BCUT2D eigenvalue weighted by molar-refractivity contribution is 0.579.